The number of carbonyl (C=O) groups is 2. The number of fused-ring (bicyclic) bond motifs is 1. The minimum absolute atomic E-state index is 0.0880. The van der Waals surface area contributed by atoms with Crippen molar-refractivity contribution in [2.24, 2.45) is 5.41 Å². The third kappa shape index (κ3) is 4.13. The lowest BCUT2D eigenvalue weighted by Gasteiger charge is -2.38. The van der Waals surface area contributed by atoms with E-state index in [1.54, 1.807) is 0 Å². The van der Waals surface area contributed by atoms with Crippen molar-refractivity contribution in [3.05, 3.63) is 71.3 Å². The topological polar surface area (TPSA) is 102 Å². The maximum absolute atomic E-state index is 13.9. The van der Waals surface area contributed by atoms with Crippen LogP contribution in [0, 0.1) is 16.7 Å². The zero-order valence-corrected chi connectivity index (χ0v) is 24.3. The fraction of sp³-hybridized carbons (Fsp3) is 0.394. The van der Waals surface area contributed by atoms with Gasteiger partial charge in [-0.15, -0.1) is 0 Å². The minimum Gasteiger partial charge on any atom is -0.348 e. The SMILES string of the molecule is CN1CCC2(CC1)CCN(C(=O)N1CCn3cc(C4=C(c5cnc6ccccn56)CNC4=O)c4cc(C#N)cc(c43)C1)C2. The molecule has 0 atom stereocenters. The molecule has 218 valence electrons. The monoisotopic (exact) mass is 574 g/mol. The van der Waals surface area contributed by atoms with Crippen molar-refractivity contribution in [1.82, 2.24) is 34.0 Å². The van der Waals surface area contributed by atoms with Crippen molar-refractivity contribution in [2.45, 2.75) is 32.4 Å². The lowest BCUT2D eigenvalue weighted by molar-refractivity contribution is -0.114. The van der Waals surface area contributed by atoms with E-state index in [1.165, 1.54) is 0 Å². The van der Waals surface area contributed by atoms with Crippen LogP contribution in [0.15, 0.2) is 48.9 Å². The molecule has 10 nitrogen and oxygen atoms in total. The molecule has 3 aromatic heterocycles. The van der Waals surface area contributed by atoms with Gasteiger partial charge in [-0.05, 0) is 74.6 Å². The van der Waals surface area contributed by atoms with E-state index in [-0.39, 0.29) is 17.4 Å². The lowest BCUT2D eigenvalue weighted by atomic mass is 9.78. The molecular weight excluding hydrogens is 540 g/mol. The van der Waals surface area contributed by atoms with Gasteiger partial charge >= 0.3 is 6.03 Å². The van der Waals surface area contributed by atoms with Crippen LogP contribution in [0.25, 0.3) is 27.7 Å². The van der Waals surface area contributed by atoms with E-state index in [9.17, 15) is 14.9 Å². The van der Waals surface area contributed by atoms with Crippen molar-refractivity contribution in [3.8, 4) is 6.07 Å². The number of nitriles is 1. The third-order valence-corrected chi connectivity index (χ3v) is 10.1. The van der Waals surface area contributed by atoms with E-state index in [0.29, 0.717) is 37.3 Å². The summed E-state index contributed by atoms with van der Waals surface area (Å²) >= 11 is 0. The number of hydrogen-bond acceptors (Lipinski definition) is 5. The molecule has 4 aromatic rings. The summed E-state index contributed by atoms with van der Waals surface area (Å²) in [5, 5.41) is 13.9. The van der Waals surface area contributed by atoms with Gasteiger partial charge in [-0.25, -0.2) is 9.78 Å². The van der Waals surface area contributed by atoms with Gasteiger partial charge in [-0.2, -0.15) is 5.26 Å². The number of aromatic nitrogens is 3. The largest absolute Gasteiger partial charge is 0.348 e. The van der Waals surface area contributed by atoms with Gasteiger partial charge in [0.1, 0.15) is 5.65 Å². The highest BCUT2D eigenvalue weighted by atomic mass is 16.2. The molecule has 0 bridgehead atoms. The number of likely N-dealkylation sites (tertiary alicyclic amines) is 2. The molecule has 4 aliphatic heterocycles. The Labute approximate surface area is 249 Å². The summed E-state index contributed by atoms with van der Waals surface area (Å²) in [5.74, 6) is -0.130. The van der Waals surface area contributed by atoms with Crippen LogP contribution in [0.1, 0.15) is 41.6 Å². The second-order valence-corrected chi connectivity index (χ2v) is 12.7. The maximum Gasteiger partial charge on any atom is 0.320 e. The Morgan fingerprint density at radius 2 is 1.91 bits per heavy atom. The number of hydrogen-bond donors (Lipinski definition) is 1. The van der Waals surface area contributed by atoms with Crippen molar-refractivity contribution in [1.29, 1.82) is 5.26 Å². The Bertz CT molecular complexity index is 1880. The molecular formula is C33H34N8O2. The first kappa shape index (κ1) is 26.0. The number of urea groups is 1. The van der Waals surface area contributed by atoms with Crippen molar-refractivity contribution >= 4 is 39.6 Å². The average Bonchev–Trinajstić information content (AvgIpc) is 3.78. The van der Waals surface area contributed by atoms with Gasteiger partial charge < -0.3 is 24.6 Å². The molecule has 43 heavy (non-hydrogen) atoms. The van der Waals surface area contributed by atoms with Crippen molar-refractivity contribution in [3.63, 3.8) is 0 Å². The number of piperidine rings is 1. The van der Waals surface area contributed by atoms with Crippen LogP contribution in [-0.2, 0) is 17.9 Å². The Kier molecular flexibility index (Phi) is 5.88. The first-order valence-corrected chi connectivity index (χ1v) is 15.2. The van der Waals surface area contributed by atoms with Gasteiger partial charge in [0.05, 0.1) is 34.6 Å². The van der Waals surface area contributed by atoms with Crippen LogP contribution in [-0.4, -0.2) is 86.9 Å². The van der Waals surface area contributed by atoms with E-state index in [0.717, 1.165) is 84.4 Å². The number of amides is 3. The average molecular weight is 575 g/mol. The summed E-state index contributed by atoms with van der Waals surface area (Å²) in [6, 6.07) is 12.0. The molecule has 1 spiro atoms. The Hall–Kier alpha value is -4.62. The van der Waals surface area contributed by atoms with Gasteiger partial charge in [-0.1, -0.05) is 6.07 Å². The lowest BCUT2D eigenvalue weighted by Crippen LogP contribution is -2.45. The highest BCUT2D eigenvalue weighted by molar-refractivity contribution is 6.32. The standard InChI is InChI=1S/C33H34N8O2/c1-37-9-5-33(6-10-37)7-11-40(21-33)32(43)39-13-12-38-20-26(24-15-22(16-34)14-23(19-39)30(24)38)29-25(17-36-31(29)42)27-18-35-28-4-2-3-8-41(27)28/h2-4,8,14-15,18,20H,5-7,9-13,17,19,21H2,1H3,(H,36,42). The number of nitrogens with one attached hydrogen (secondary N) is 1. The first-order valence-electron chi connectivity index (χ1n) is 15.2. The van der Waals surface area contributed by atoms with E-state index >= 15 is 0 Å². The highest BCUT2D eigenvalue weighted by Crippen LogP contribution is 2.41. The number of benzene rings is 1. The Morgan fingerprint density at radius 1 is 1.07 bits per heavy atom. The molecule has 7 heterocycles. The number of pyridine rings is 1. The summed E-state index contributed by atoms with van der Waals surface area (Å²) in [6.07, 6.45) is 9.18. The molecule has 0 radical (unpaired) electrons. The number of carbonyl (C=O) groups excluding carboxylic acids is 2. The first-order chi connectivity index (χ1) is 20.9. The summed E-state index contributed by atoms with van der Waals surface area (Å²) in [7, 11) is 2.18. The van der Waals surface area contributed by atoms with Crippen LogP contribution >= 0.6 is 0 Å². The summed E-state index contributed by atoms with van der Waals surface area (Å²) in [4.78, 5) is 38.2. The van der Waals surface area contributed by atoms with Gasteiger partial charge in [0, 0.05) is 68.2 Å². The zero-order chi connectivity index (χ0) is 29.3. The molecule has 0 unspecified atom stereocenters. The Balaban J connectivity index is 1.16. The predicted octanol–water partition coefficient (Wildman–Crippen LogP) is 3.55. The van der Waals surface area contributed by atoms with Crippen LogP contribution in [0.4, 0.5) is 4.79 Å². The van der Waals surface area contributed by atoms with E-state index < -0.39 is 0 Å². The highest BCUT2D eigenvalue weighted by Gasteiger charge is 2.42. The fourth-order valence-corrected chi connectivity index (χ4v) is 7.71. The predicted molar refractivity (Wildman–Crippen MR) is 163 cm³/mol. The smallest absolute Gasteiger partial charge is 0.320 e. The quantitative estimate of drug-likeness (QED) is 0.395. The molecule has 1 aromatic carbocycles. The van der Waals surface area contributed by atoms with E-state index in [4.69, 9.17) is 0 Å². The van der Waals surface area contributed by atoms with Gasteiger partial charge in [0.25, 0.3) is 5.91 Å². The number of nitrogens with zero attached hydrogens (tertiary/aromatic N) is 7. The molecule has 3 amide bonds. The third-order valence-electron chi connectivity index (χ3n) is 10.1. The van der Waals surface area contributed by atoms with Crippen LogP contribution in [0.5, 0.6) is 0 Å². The van der Waals surface area contributed by atoms with Crippen LogP contribution in [0.3, 0.4) is 0 Å². The molecule has 4 aliphatic rings. The van der Waals surface area contributed by atoms with Crippen molar-refractivity contribution in [2.75, 3.05) is 46.3 Å². The second kappa shape index (κ2) is 9.71. The number of imidazole rings is 1. The summed E-state index contributed by atoms with van der Waals surface area (Å²) in [6.45, 7) is 5.84. The fourth-order valence-electron chi connectivity index (χ4n) is 7.71. The van der Waals surface area contributed by atoms with Crippen LogP contribution < -0.4 is 5.32 Å². The van der Waals surface area contributed by atoms with Gasteiger partial charge in [-0.3, -0.25) is 9.20 Å². The van der Waals surface area contributed by atoms with Gasteiger partial charge in [0.15, 0.2) is 0 Å². The molecule has 0 saturated carbocycles. The molecule has 1 N–H and O–H groups in total. The van der Waals surface area contributed by atoms with Gasteiger partial charge in [0.2, 0.25) is 0 Å². The molecule has 10 heteroatoms. The van der Waals surface area contributed by atoms with Crippen LogP contribution in [0.2, 0.25) is 0 Å². The van der Waals surface area contributed by atoms with E-state index in [1.807, 2.05) is 58.2 Å². The molecule has 2 saturated heterocycles. The van der Waals surface area contributed by atoms with E-state index in [2.05, 4.69) is 37.8 Å². The molecule has 8 rings (SSSR count). The second-order valence-electron chi connectivity index (χ2n) is 12.7. The number of rotatable bonds is 2. The minimum atomic E-state index is -0.130. The summed E-state index contributed by atoms with van der Waals surface area (Å²) < 4.78 is 4.17. The molecule has 2 fully saturated rings. The maximum atomic E-state index is 13.9. The Morgan fingerprint density at radius 3 is 2.74 bits per heavy atom. The summed E-state index contributed by atoms with van der Waals surface area (Å²) in [5.41, 5.74) is 6.71. The molecule has 0 aliphatic carbocycles. The van der Waals surface area contributed by atoms with Crippen molar-refractivity contribution < 1.29 is 9.59 Å². The normalized spacial score (nSPS) is 20.3. The zero-order valence-electron chi connectivity index (χ0n) is 24.3.